The normalized spacial score (nSPS) is 43.1. The Hall–Kier alpha value is -2.18. The molecule has 0 spiro atoms. The molecule has 33 atom stereocenters. The number of aliphatic hydroxyl groups is 21. The van der Waals surface area contributed by atoms with Crippen LogP contribution in [0.4, 0.5) is 0 Å². The number of esters is 1. The number of unbranched alkanes of at least 4 members (excludes halogenated alkanes) is 8. The molecule has 38 heteroatoms. The van der Waals surface area contributed by atoms with Gasteiger partial charge in [-0.1, -0.05) is 63.3 Å². The van der Waals surface area contributed by atoms with Crippen LogP contribution in [0, 0.1) is 0 Å². The molecule has 1 aliphatic carbocycles. The van der Waals surface area contributed by atoms with Gasteiger partial charge in [0.1, 0.15) is 171 Å². The van der Waals surface area contributed by atoms with E-state index in [2.05, 4.69) is 31.2 Å². The molecule has 5 heterocycles. The molecule has 0 aromatic heterocycles. The summed E-state index contributed by atoms with van der Waals surface area (Å²) in [6.45, 7) is -4.19. The largest absolute Gasteiger partial charge is 0.472 e. The van der Waals surface area contributed by atoms with Crippen LogP contribution < -0.4 is 0 Å². The number of aliphatic hydroxyl groups excluding tert-OH is 21. The maximum Gasteiger partial charge on any atom is 0.472 e. The number of rotatable bonds is 36. The molecule has 5 aliphatic heterocycles. The molecule has 6 rings (SSSR count). The fourth-order valence-corrected chi connectivity index (χ4v) is 12.1. The van der Waals surface area contributed by atoms with Gasteiger partial charge >= 0.3 is 13.8 Å². The highest BCUT2D eigenvalue weighted by atomic mass is 31.2. The molecule has 0 aromatic carbocycles. The van der Waals surface area contributed by atoms with Crippen molar-refractivity contribution in [1.29, 1.82) is 0 Å². The standard InChI is InChI=1S/C57H99O37P/c1-2-3-4-5-6-7-8-9-10-11-12-13-14-15-16-17-31(61)82-20-25(60)21-86-95(80,81)94-52-50(92-56-48(78)38(68)33(63)27(19-59)88-56)43(73)42(72)44(74)51(52)93-57-49(79)41(71)36(66)30(91-57)24-85-55-47(77)40(70)35(65)29(90-55)23-84-54-46(76)39(69)34(64)28(89-54)22-83-53-45(75)37(67)32(62)26(18-58)87-53/h6-7,9-10,25-30,32-60,62-79H,2-5,8,11-24H2,1H3,(H,80,81)/b7-6-,10-9-/t25-,26?,27?,28?,29?,30?,32+,33-,34+,35+,36+,37?,38?,39?,40?,41?,42+,43?,44?,45+,46+,47+,48-,49+,50-,51?,52+,53-,54-,55-,56-,57+/m1/s1. The zero-order valence-electron chi connectivity index (χ0n) is 52.1. The van der Waals surface area contributed by atoms with Gasteiger partial charge in [0, 0.05) is 6.42 Å². The first-order chi connectivity index (χ1) is 45.1. The lowest BCUT2D eigenvalue weighted by Gasteiger charge is -2.49. The Bertz CT molecular complexity index is 2320. The monoisotopic (exact) mass is 1410 g/mol. The lowest BCUT2D eigenvalue weighted by molar-refractivity contribution is -0.365. The van der Waals surface area contributed by atoms with Crippen LogP contribution in [0.1, 0.15) is 84.0 Å². The number of ether oxygens (including phenoxy) is 11. The van der Waals surface area contributed by atoms with Crippen molar-refractivity contribution in [3.63, 3.8) is 0 Å². The average Bonchev–Trinajstić information content (AvgIpc) is 0.771. The van der Waals surface area contributed by atoms with Crippen molar-refractivity contribution >= 4 is 13.8 Å². The van der Waals surface area contributed by atoms with Gasteiger partial charge in [-0.05, 0) is 38.5 Å². The number of allylic oxidation sites excluding steroid dienone is 4. The second kappa shape index (κ2) is 39.3. The number of carbonyl (C=O) groups excluding carboxylic acids is 1. The van der Waals surface area contributed by atoms with E-state index in [1.807, 2.05) is 0 Å². The topological polar surface area (TPSA) is 599 Å². The van der Waals surface area contributed by atoms with Gasteiger partial charge in [-0.3, -0.25) is 13.8 Å². The molecule has 0 radical (unpaired) electrons. The van der Waals surface area contributed by atoms with E-state index in [1.54, 1.807) is 0 Å². The summed E-state index contributed by atoms with van der Waals surface area (Å²) in [5, 5.41) is 225. The molecule has 554 valence electrons. The molecule has 22 N–H and O–H groups in total. The van der Waals surface area contributed by atoms with Crippen molar-refractivity contribution in [3.8, 4) is 0 Å². The van der Waals surface area contributed by atoms with Gasteiger partial charge in [0.15, 0.2) is 31.5 Å². The summed E-state index contributed by atoms with van der Waals surface area (Å²) in [5.41, 5.74) is 0. The average molecular weight is 1410 g/mol. The minimum absolute atomic E-state index is 0.0153. The van der Waals surface area contributed by atoms with Crippen LogP contribution >= 0.6 is 7.82 Å². The first-order valence-electron chi connectivity index (χ1n) is 31.8. The van der Waals surface area contributed by atoms with Gasteiger partial charge in [-0.2, -0.15) is 0 Å². The van der Waals surface area contributed by atoms with E-state index in [4.69, 9.17) is 61.2 Å². The summed E-state index contributed by atoms with van der Waals surface area (Å²) in [6.07, 6.45) is -47.2. The van der Waals surface area contributed by atoms with Gasteiger partial charge in [-0.25, -0.2) is 4.57 Å². The number of carbonyl (C=O) groups is 1. The fourth-order valence-electron chi connectivity index (χ4n) is 11.2. The highest BCUT2D eigenvalue weighted by molar-refractivity contribution is 7.47. The van der Waals surface area contributed by atoms with Crippen molar-refractivity contribution in [2.45, 2.75) is 280 Å². The van der Waals surface area contributed by atoms with Gasteiger partial charge in [0.2, 0.25) is 0 Å². The molecule has 0 amide bonds. The minimum atomic E-state index is -5.73. The lowest BCUT2D eigenvalue weighted by atomic mass is 9.84. The van der Waals surface area contributed by atoms with Crippen LogP contribution in [0.2, 0.25) is 0 Å². The van der Waals surface area contributed by atoms with Crippen molar-refractivity contribution in [2.24, 2.45) is 0 Å². The molecular formula is C57H99O37P. The number of hydrogen-bond donors (Lipinski definition) is 22. The number of phosphoric ester groups is 1. The Labute approximate surface area is 545 Å². The van der Waals surface area contributed by atoms with Crippen LogP contribution in [0.15, 0.2) is 24.3 Å². The van der Waals surface area contributed by atoms with Crippen molar-refractivity contribution < 1.29 is 183 Å². The van der Waals surface area contributed by atoms with Crippen molar-refractivity contribution in [1.82, 2.24) is 0 Å². The number of phosphoric acid groups is 1. The zero-order chi connectivity index (χ0) is 70.0. The Kier molecular flexibility index (Phi) is 33.8. The van der Waals surface area contributed by atoms with E-state index >= 15 is 0 Å². The minimum Gasteiger partial charge on any atom is -0.463 e. The zero-order valence-corrected chi connectivity index (χ0v) is 53.0. The van der Waals surface area contributed by atoms with E-state index in [0.717, 1.165) is 38.5 Å². The van der Waals surface area contributed by atoms with E-state index in [9.17, 15) is 121 Å². The van der Waals surface area contributed by atoms with E-state index in [1.165, 1.54) is 19.3 Å². The van der Waals surface area contributed by atoms with E-state index in [-0.39, 0.29) is 6.42 Å². The van der Waals surface area contributed by atoms with Gasteiger partial charge in [-0.15, -0.1) is 0 Å². The molecule has 0 bridgehead atoms. The Morgan fingerprint density at radius 2 is 0.768 bits per heavy atom. The Balaban J connectivity index is 1.07. The van der Waals surface area contributed by atoms with Crippen molar-refractivity contribution in [2.75, 3.05) is 46.2 Å². The third-order valence-electron chi connectivity index (χ3n) is 17.0. The Morgan fingerprint density at radius 1 is 0.421 bits per heavy atom. The van der Waals surface area contributed by atoms with Crippen LogP contribution in [0.3, 0.4) is 0 Å². The van der Waals surface area contributed by atoms with Crippen molar-refractivity contribution in [3.05, 3.63) is 24.3 Å². The first kappa shape index (κ1) is 81.8. The molecule has 5 saturated heterocycles. The third-order valence-corrected chi connectivity index (χ3v) is 18.0. The number of hydrogen-bond acceptors (Lipinski definition) is 36. The van der Waals surface area contributed by atoms with Crippen LogP contribution in [0.5, 0.6) is 0 Å². The summed E-state index contributed by atoms with van der Waals surface area (Å²) >= 11 is 0. The maximum absolute atomic E-state index is 13.8. The van der Waals surface area contributed by atoms with Gasteiger partial charge in [0.05, 0.1) is 39.6 Å². The van der Waals surface area contributed by atoms with Crippen LogP contribution in [-0.4, -0.2) is 361 Å². The lowest BCUT2D eigenvalue weighted by Crippen LogP contribution is -2.69. The SMILES string of the molecule is CCCCC/C=C\C/C=C\CCCCCCCC(=O)OC[C@@H](O)COP(=O)(O)O[C@@H]1C(O[C@@H]2OC(CO[C@@H]3OC(CO[C@@H]4OC(CO[C@@H]5OC(CO)[C@H](O)C(O)[C@@H]5O)[C@H](O)C(O)[C@@H]4O)[C@H](O)C(O)[C@@H]3O)[C@H](O)C(O)[C@@H]2O)C(O)[C@@H](O)C(O)[C@H]1O[C@H]1OC(CO)[C@@H](O)C(O)[C@H]1O. The van der Waals surface area contributed by atoms with Crippen LogP contribution in [-0.2, 0) is 70.5 Å². The quantitative estimate of drug-likeness (QED) is 0.0120. The first-order valence-corrected chi connectivity index (χ1v) is 33.3. The highest BCUT2D eigenvalue weighted by Crippen LogP contribution is 2.49. The van der Waals surface area contributed by atoms with E-state index < -0.39 is 256 Å². The second-order valence-corrected chi connectivity index (χ2v) is 25.7. The smallest absolute Gasteiger partial charge is 0.463 e. The van der Waals surface area contributed by atoms with Crippen LogP contribution in [0.25, 0.3) is 0 Å². The predicted octanol–water partition coefficient (Wildman–Crippen LogP) is -8.85. The summed E-state index contributed by atoms with van der Waals surface area (Å²) < 4.78 is 84.8. The highest BCUT2D eigenvalue weighted by Gasteiger charge is 2.59. The molecule has 37 nitrogen and oxygen atoms in total. The molecule has 1 saturated carbocycles. The molecule has 6 aliphatic rings. The maximum atomic E-state index is 13.8. The predicted molar refractivity (Wildman–Crippen MR) is 310 cm³/mol. The molecule has 6 fully saturated rings. The summed E-state index contributed by atoms with van der Waals surface area (Å²) in [5.74, 6) is -0.706. The molecule has 95 heavy (non-hydrogen) atoms. The molecular weight excluding hydrogens is 1310 g/mol. The van der Waals surface area contributed by atoms with Gasteiger partial charge < -0.3 is 164 Å². The Morgan fingerprint density at radius 3 is 1.19 bits per heavy atom. The summed E-state index contributed by atoms with van der Waals surface area (Å²) in [7, 11) is -5.73. The summed E-state index contributed by atoms with van der Waals surface area (Å²) in [4.78, 5) is 23.6. The molecule has 0 aromatic rings. The van der Waals surface area contributed by atoms with E-state index in [0.29, 0.717) is 12.8 Å². The second-order valence-electron chi connectivity index (χ2n) is 24.3. The summed E-state index contributed by atoms with van der Waals surface area (Å²) in [6, 6.07) is 0. The molecule has 14 unspecified atom stereocenters. The fraction of sp³-hybridized carbons (Fsp3) is 0.912. The third kappa shape index (κ3) is 22.4. The van der Waals surface area contributed by atoms with Gasteiger partial charge in [0.25, 0.3) is 0 Å².